The summed E-state index contributed by atoms with van der Waals surface area (Å²) in [7, 11) is 0. The predicted molar refractivity (Wildman–Crippen MR) is 71.1 cm³/mol. The maximum absolute atomic E-state index is 12.8. The molecule has 1 saturated heterocycles. The number of amides is 1. The minimum atomic E-state index is -0.585. The lowest BCUT2D eigenvalue weighted by atomic mass is 10.1. The summed E-state index contributed by atoms with van der Waals surface area (Å²) in [5.74, 6) is 0.858. The number of halogens is 1. The fraction of sp³-hybridized carbons (Fsp3) is 0.286. The molecule has 0 aromatic heterocycles. The molecule has 20 heavy (non-hydrogen) atoms. The van der Waals surface area contributed by atoms with Crippen molar-refractivity contribution in [1.29, 1.82) is 0 Å². The Hall–Kier alpha value is -2.23. The van der Waals surface area contributed by atoms with Crippen molar-refractivity contribution in [3.05, 3.63) is 35.6 Å². The second kappa shape index (κ2) is 6.28. The summed E-state index contributed by atoms with van der Waals surface area (Å²) >= 11 is 0. The van der Waals surface area contributed by atoms with Crippen LogP contribution in [0.3, 0.4) is 0 Å². The molecule has 1 fully saturated rings. The van der Waals surface area contributed by atoms with Gasteiger partial charge in [0.25, 0.3) is 5.91 Å². The van der Waals surface area contributed by atoms with Crippen molar-refractivity contribution in [3.8, 4) is 12.3 Å². The van der Waals surface area contributed by atoms with Gasteiger partial charge in [-0.05, 0) is 30.2 Å². The molecule has 104 valence electrons. The van der Waals surface area contributed by atoms with Crippen LogP contribution in [0.1, 0.15) is 10.4 Å². The van der Waals surface area contributed by atoms with Gasteiger partial charge in [0.15, 0.2) is 0 Å². The van der Waals surface area contributed by atoms with E-state index in [4.69, 9.17) is 6.42 Å². The molecular weight excluding hydrogens is 261 g/mol. The SMILES string of the molecule is C#CC(=O)C1CNCCN1NC(=O)c1ccc(F)cc1. The van der Waals surface area contributed by atoms with Crippen LogP contribution in [0.25, 0.3) is 0 Å². The Kier molecular flexibility index (Phi) is 4.45. The lowest BCUT2D eigenvalue weighted by molar-refractivity contribution is -0.120. The lowest BCUT2D eigenvalue weighted by Crippen LogP contribution is -2.60. The number of hydrogen-bond donors (Lipinski definition) is 2. The molecular formula is C14H14FN3O2. The molecule has 0 bridgehead atoms. The highest BCUT2D eigenvalue weighted by molar-refractivity contribution is 6.00. The van der Waals surface area contributed by atoms with Crippen LogP contribution in [0.4, 0.5) is 4.39 Å². The standard InChI is InChI=1S/C14H14FN3O2/c1-2-13(19)12-9-16-7-8-18(12)17-14(20)10-3-5-11(15)6-4-10/h1,3-6,12,16H,7-9H2,(H,17,20). The average Bonchev–Trinajstić information content (AvgIpc) is 2.47. The maximum Gasteiger partial charge on any atom is 0.265 e. The number of terminal acetylenes is 1. The largest absolute Gasteiger partial charge is 0.313 e. The summed E-state index contributed by atoms with van der Waals surface area (Å²) in [5.41, 5.74) is 2.95. The first-order valence-electron chi connectivity index (χ1n) is 6.16. The normalized spacial score (nSPS) is 19.1. The van der Waals surface area contributed by atoms with Crippen molar-refractivity contribution >= 4 is 11.7 Å². The van der Waals surface area contributed by atoms with Crippen molar-refractivity contribution < 1.29 is 14.0 Å². The van der Waals surface area contributed by atoms with Crippen molar-refractivity contribution in [3.63, 3.8) is 0 Å². The first kappa shape index (κ1) is 14.2. The Labute approximate surface area is 116 Å². The van der Waals surface area contributed by atoms with E-state index >= 15 is 0 Å². The van der Waals surface area contributed by atoms with E-state index in [-0.39, 0.29) is 0 Å². The summed E-state index contributed by atoms with van der Waals surface area (Å²) < 4.78 is 12.8. The number of benzene rings is 1. The van der Waals surface area contributed by atoms with E-state index in [1.54, 1.807) is 0 Å². The van der Waals surface area contributed by atoms with Crippen LogP contribution < -0.4 is 10.7 Å². The molecule has 0 saturated carbocycles. The number of hydrazine groups is 1. The third-order valence-corrected chi connectivity index (χ3v) is 3.04. The molecule has 1 heterocycles. The van der Waals surface area contributed by atoms with Gasteiger partial charge in [0.2, 0.25) is 5.78 Å². The smallest absolute Gasteiger partial charge is 0.265 e. The number of ketones is 1. The third kappa shape index (κ3) is 3.20. The van der Waals surface area contributed by atoms with Gasteiger partial charge in [-0.3, -0.25) is 15.0 Å². The van der Waals surface area contributed by atoms with E-state index in [1.165, 1.54) is 29.3 Å². The van der Waals surface area contributed by atoms with E-state index in [9.17, 15) is 14.0 Å². The van der Waals surface area contributed by atoms with Crippen molar-refractivity contribution in [2.45, 2.75) is 6.04 Å². The molecule has 5 nitrogen and oxygen atoms in total. The number of rotatable bonds is 3. The Bertz CT molecular complexity index is 551. The zero-order chi connectivity index (χ0) is 14.5. The summed E-state index contributed by atoms with van der Waals surface area (Å²) in [6.07, 6.45) is 5.12. The van der Waals surface area contributed by atoms with Gasteiger partial charge in [0, 0.05) is 25.2 Å². The fourth-order valence-corrected chi connectivity index (χ4v) is 1.96. The summed E-state index contributed by atoms with van der Waals surface area (Å²) in [6, 6.07) is 4.58. The van der Waals surface area contributed by atoms with Gasteiger partial charge in [-0.1, -0.05) is 0 Å². The lowest BCUT2D eigenvalue weighted by Gasteiger charge is -2.33. The molecule has 1 aromatic carbocycles. The molecule has 0 radical (unpaired) electrons. The monoisotopic (exact) mass is 275 g/mol. The third-order valence-electron chi connectivity index (χ3n) is 3.04. The zero-order valence-electron chi connectivity index (χ0n) is 10.7. The fourth-order valence-electron chi connectivity index (χ4n) is 1.96. The molecule has 1 aromatic rings. The number of carbonyl (C=O) groups is 2. The first-order chi connectivity index (χ1) is 9.61. The van der Waals surface area contributed by atoms with Crippen LogP contribution >= 0.6 is 0 Å². The highest BCUT2D eigenvalue weighted by Gasteiger charge is 2.28. The number of Topliss-reactive ketones (excluding diaryl/α,β-unsaturated/α-hetero) is 1. The van der Waals surface area contributed by atoms with Gasteiger partial charge in [0.05, 0.1) is 0 Å². The molecule has 1 atom stereocenters. The molecule has 2 rings (SSSR count). The molecule has 1 aliphatic rings. The van der Waals surface area contributed by atoms with Crippen LogP contribution in [0.2, 0.25) is 0 Å². The minimum Gasteiger partial charge on any atom is -0.313 e. The minimum absolute atomic E-state index is 0.317. The average molecular weight is 275 g/mol. The molecule has 0 aliphatic carbocycles. The number of piperazine rings is 1. The summed E-state index contributed by atoms with van der Waals surface area (Å²) in [6.45, 7) is 1.48. The second-order valence-electron chi connectivity index (χ2n) is 4.37. The van der Waals surface area contributed by atoms with E-state index in [1.807, 2.05) is 0 Å². The van der Waals surface area contributed by atoms with E-state index in [0.29, 0.717) is 25.2 Å². The predicted octanol–water partition coefficient (Wildman–Crippen LogP) is -0.0534. The van der Waals surface area contributed by atoms with Gasteiger partial charge >= 0.3 is 0 Å². The van der Waals surface area contributed by atoms with Gasteiger partial charge in [0.1, 0.15) is 11.9 Å². The molecule has 1 amide bonds. The zero-order valence-corrected chi connectivity index (χ0v) is 10.7. The maximum atomic E-state index is 12.8. The van der Waals surface area contributed by atoms with Crippen molar-refractivity contribution in [1.82, 2.24) is 15.8 Å². The van der Waals surface area contributed by atoms with Crippen LogP contribution in [0.5, 0.6) is 0 Å². The molecule has 1 unspecified atom stereocenters. The van der Waals surface area contributed by atoms with E-state index in [0.717, 1.165) is 0 Å². The van der Waals surface area contributed by atoms with Gasteiger partial charge in [-0.15, -0.1) is 6.42 Å². The number of hydrogen-bond acceptors (Lipinski definition) is 4. The van der Waals surface area contributed by atoms with Crippen LogP contribution in [-0.4, -0.2) is 42.4 Å². The molecule has 2 N–H and O–H groups in total. The number of nitrogens with one attached hydrogen (secondary N) is 2. The first-order valence-corrected chi connectivity index (χ1v) is 6.16. The Morgan fingerprint density at radius 3 is 2.75 bits per heavy atom. The van der Waals surface area contributed by atoms with Crippen LogP contribution in [0, 0.1) is 18.2 Å². The van der Waals surface area contributed by atoms with Gasteiger partial charge in [-0.25, -0.2) is 9.40 Å². The highest BCUT2D eigenvalue weighted by atomic mass is 19.1. The van der Waals surface area contributed by atoms with Crippen LogP contribution in [0.15, 0.2) is 24.3 Å². The second-order valence-corrected chi connectivity index (χ2v) is 4.37. The Morgan fingerprint density at radius 2 is 2.10 bits per heavy atom. The van der Waals surface area contributed by atoms with Crippen LogP contribution in [-0.2, 0) is 4.79 Å². The summed E-state index contributed by atoms with van der Waals surface area (Å²) in [4.78, 5) is 23.6. The van der Waals surface area contributed by atoms with Gasteiger partial charge in [-0.2, -0.15) is 0 Å². The Balaban J connectivity index is 2.07. The number of carbonyl (C=O) groups excluding carboxylic acids is 2. The number of nitrogens with zero attached hydrogens (tertiary/aromatic N) is 1. The quantitative estimate of drug-likeness (QED) is 0.599. The topological polar surface area (TPSA) is 61.4 Å². The molecule has 0 spiro atoms. The Morgan fingerprint density at radius 1 is 1.40 bits per heavy atom. The van der Waals surface area contributed by atoms with Gasteiger partial charge < -0.3 is 5.32 Å². The molecule has 1 aliphatic heterocycles. The summed E-state index contributed by atoms with van der Waals surface area (Å²) in [5, 5.41) is 4.56. The molecule has 6 heteroatoms. The highest BCUT2D eigenvalue weighted by Crippen LogP contribution is 2.06. The van der Waals surface area contributed by atoms with E-state index < -0.39 is 23.5 Å². The van der Waals surface area contributed by atoms with Crippen molar-refractivity contribution in [2.24, 2.45) is 0 Å². The van der Waals surface area contributed by atoms with E-state index in [2.05, 4.69) is 16.7 Å². The van der Waals surface area contributed by atoms with Crippen molar-refractivity contribution in [2.75, 3.05) is 19.6 Å².